The lowest BCUT2D eigenvalue weighted by Gasteiger charge is -2.22. The number of rotatable bonds is 12. The molecular formula is C22H34Br2Cl2. The van der Waals surface area contributed by atoms with Crippen LogP contribution in [0.5, 0.6) is 0 Å². The lowest BCUT2D eigenvalue weighted by atomic mass is 9.89. The molecule has 0 bridgehead atoms. The van der Waals surface area contributed by atoms with Gasteiger partial charge in [0.05, 0.1) is 10.0 Å². The summed E-state index contributed by atoms with van der Waals surface area (Å²) < 4.78 is 2.00. The molecular weight excluding hydrogens is 495 g/mol. The van der Waals surface area contributed by atoms with Crippen LogP contribution >= 0.6 is 55.1 Å². The van der Waals surface area contributed by atoms with Crippen molar-refractivity contribution in [3.8, 4) is 0 Å². The quantitative estimate of drug-likeness (QED) is 0.237. The molecule has 2 atom stereocenters. The first kappa shape index (κ1) is 24.8. The van der Waals surface area contributed by atoms with Gasteiger partial charge in [0, 0.05) is 8.95 Å². The average Bonchev–Trinajstić information content (AvgIpc) is 2.65. The summed E-state index contributed by atoms with van der Waals surface area (Å²) in [6.07, 6.45) is 11.9. The van der Waals surface area contributed by atoms with Crippen molar-refractivity contribution in [2.75, 3.05) is 0 Å². The zero-order chi connectivity index (χ0) is 19.7. The molecule has 150 valence electrons. The normalized spacial score (nSPS) is 13.8. The first-order chi connectivity index (χ1) is 12.4. The molecule has 0 saturated heterocycles. The standard InChI is InChI=1S/C22H34Br2Cl2/c1-5-9-11-15(7-3)13-17-19(23)22(26)18(20(24)21(17)25)14-16(8-4)12-10-6-2/h15-16H,5-14H2,1-4H3. The number of halogens is 4. The molecule has 0 aliphatic rings. The van der Waals surface area contributed by atoms with Crippen molar-refractivity contribution in [1.29, 1.82) is 0 Å². The van der Waals surface area contributed by atoms with Crippen molar-refractivity contribution in [3.63, 3.8) is 0 Å². The molecule has 4 heteroatoms. The van der Waals surface area contributed by atoms with Gasteiger partial charge >= 0.3 is 0 Å². The van der Waals surface area contributed by atoms with Gasteiger partial charge in [-0.1, -0.05) is 102 Å². The van der Waals surface area contributed by atoms with Crippen LogP contribution in [0.25, 0.3) is 0 Å². The predicted molar refractivity (Wildman–Crippen MR) is 126 cm³/mol. The highest BCUT2D eigenvalue weighted by atomic mass is 79.9. The van der Waals surface area contributed by atoms with E-state index in [0.29, 0.717) is 11.8 Å². The minimum Gasteiger partial charge on any atom is -0.0827 e. The number of hydrogen-bond donors (Lipinski definition) is 0. The molecule has 0 nitrogen and oxygen atoms in total. The fourth-order valence-electron chi connectivity index (χ4n) is 3.55. The summed E-state index contributed by atoms with van der Waals surface area (Å²) in [7, 11) is 0. The Balaban J connectivity index is 3.11. The second-order valence-electron chi connectivity index (χ2n) is 7.45. The molecule has 0 heterocycles. The van der Waals surface area contributed by atoms with E-state index in [-0.39, 0.29) is 0 Å². The maximum atomic E-state index is 6.81. The molecule has 0 saturated carbocycles. The number of hydrogen-bond acceptors (Lipinski definition) is 0. The van der Waals surface area contributed by atoms with Crippen LogP contribution < -0.4 is 0 Å². The molecule has 0 aromatic heterocycles. The van der Waals surface area contributed by atoms with Gasteiger partial charge in [0.1, 0.15) is 0 Å². The van der Waals surface area contributed by atoms with Gasteiger partial charge in [-0.2, -0.15) is 0 Å². The van der Waals surface area contributed by atoms with Gasteiger partial charge in [-0.15, -0.1) is 0 Å². The van der Waals surface area contributed by atoms with Gasteiger partial charge in [-0.3, -0.25) is 0 Å². The molecule has 0 fully saturated rings. The molecule has 0 aliphatic carbocycles. The Morgan fingerprint density at radius 1 is 0.692 bits per heavy atom. The minimum absolute atomic E-state index is 0.658. The van der Waals surface area contributed by atoms with E-state index in [4.69, 9.17) is 23.2 Å². The average molecular weight is 529 g/mol. The van der Waals surface area contributed by atoms with Crippen LogP contribution in [0.15, 0.2) is 8.95 Å². The van der Waals surface area contributed by atoms with Crippen molar-refractivity contribution in [2.45, 2.75) is 91.9 Å². The van der Waals surface area contributed by atoms with Crippen LogP contribution in [-0.4, -0.2) is 0 Å². The first-order valence-electron chi connectivity index (χ1n) is 10.2. The summed E-state index contributed by atoms with van der Waals surface area (Å²) in [6.45, 7) is 9.04. The highest BCUT2D eigenvalue weighted by Gasteiger charge is 2.23. The maximum Gasteiger partial charge on any atom is 0.0595 e. The third-order valence-corrected chi connectivity index (χ3v) is 8.56. The van der Waals surface area contributed by atoms with Crippen LogP contribution in [0.3, 0.4) is 0 Å². The molecule has 26 heavy (non-hydrogen) atoms. The Bertz CT molecular complexity index is 480. The summed E-state index contributed by atoms with van der Waals surface area (Å²) in [6, 6.07) is 0. The van der Waals surface area contributed by atoms with Crippen molar-refractivity contribution < 1.29 is 0 Å². The van der Waals surface area contributed by atoms with Gasteiger partial charge < -0.3 is 0 Å². The van der Waals surface area contributed by atoms with Crippen molar-refractivity contribution in [2.24, 2.45) is 11.8 Å². The van der Waals surface area contributed by atoms with E-state index in [9.17, 15) is 0 Å². The van der Waals surface area contributed by atoms with Gasteiger partial charge in [0.15, 0.2) is 0 Å². The fourth-order valence-corrected chi connectivity index (χ4v) is 5.54. The second kappa shape index (κ2) is 13.1. The van der Waals surface area contributed by atoms with Crippen LogP contribution in [0.1, 0.15) is 90.2 Å². The topological polar surface area (TPSA) is 0 Å². The highest BCUT2D eigenvalue weighted by molar-refractivity contribution is 9.11. The van der Waals surface area contributed by atoms with E-state index in [1.165, 1.54) is 51.4 Å². The van der Waals surface area contributed by atoms with Gasteiger partial charge in [-0.05, 0) is 67.7 Å². The lowest BCUT2D eigenvalue weighted by Crippen LogP contribution is -2.09. The Hall–Kier alpha value is 0.760. The van der Waals surface area contributed by atoms with Crippen LogP contribution in [-0.2, 0) is 12.8 Å². The van der Waals surface area contributed by atoms with Crippen LogP contribution in [0.2, 0.25) is 10.0 Å². The largest absolute Gasteiger partial charge is 0.0827 e. The Morgan fingerprint density at radius 3 is 1.31 bits per heavy atom. The minimum atomic E-state index is 0.658. The summed E-state index contributed by atoms with van der Waals surface area (Å²) in [5.74, 6) is 1.32. The predicted octanol–water partition coefficient (Wildman–Crippen LogP) is 10.0. The molecule has 1 aromatic rings. The summed E-state index contributed by atoms with van der Waals surface area (Å²) in [4.78, 5) is 0. The van der Waals surface area contributed by atoms with E-state index in [1.54, 1.807) is 0 Å². The molecule has 0 aliphatic heterocycles. The molecule has 0 N–H and O–H groups in total. The molecule has 2 unspecified atom stereocenters. The lowest BCUT2D eigenvalue weighted by molar-refractivity contribution is 0.445. The summed E-state index contributed by atoms with van der Waals surface area (Å²) in [5.41, 5.74) is 2.33. The Morgan fingerprint density at radius 2 is 1.04 bits per heavy atom. The van der Waals surface area contributed by atoms with E-state index in [1.807, 2.05) is 0 Å². The maximum absolute atomic E-state index is 6.81. The zero-order valence-corrected chi connectivity index (χ0v) is 21.4. The highest BCUT2D eigenvalue weighted by Crippen LogP contribution is 2.44. The Labute approximate surface area is 188 Å². The first-order valence-corrected chi connectivity index (χ1v) is 12.6. The van der Waals surface area contributed by atoms with Crippen LogP contribution in [0, 0.1) is 11.8 Å². The molecule has 0 spiro atoms. The third kappa shape index (κ3) is 6.98. The van der Waals surface area contributed by atoms with E-state index in [0.717, 1.165) is 43.0 Å². The van der Waals surface area contributed by atoms with Gasteiger partial charge in [-0.25, -0.2) is 0 Å². The van der Waals surface area contributed by atoms with E-state index in [2.05, 4.69) is 59.6 Å². The zero-order valence-electron chi connectivity index (χ0n) is 16.7. The molecule has 1 aromatic carbocycles. The summed E-state index contributed by atoms with van der Waals surface area (Å²) in [5, 5.41) is 1.69. The van der Waals surface area contributed by atoms with Crippen molar-refractivity contribution >= 4 is 55.1 Å². The number of benzene rings is 1. The Kier molecular flexibility index (Phi) is 12.5. The van der Waals surface area contributed by atoms with Gasteiger partial charge in [0.2, 0.25) is 0 Å². The number of unbranched alkanes of at least 4 members (excludes halogenated alkanes) is 2. The SMILES string of the molecule is CCCCC(CC)Cc1c(Cl)c(Br)c(CC(CC)CCCC)c(Cl)c1Br. The van der Waals surface area contributed by atoms with Gasteiger partial charge in [0.25, 0.3) is 0 Å². The fraction of sp³-hybridized carbons (Fsp3) is 0.727. The van der Waals surface area contributed by atoms with Crippen molar-refractivity contribution in [1.82, 2.24) is 0 Å². The third-order valence-electron chi connectivity index (χ3n) is 5.52. The van der Waals surface area contributed by atoms with E-state index < -0.39 is 0 Å². The van der Waals surface area contributed by atoms with E-state index >= 15 is 0 Å². The molecule has 1 rings (SSSR count). The smallest absolute Gasteiger partial charge is 0.0595 e. The summed E-state index contributed by atoms with van der Waals surface area (Å²) >= 11 is 21.2. The monoisotopic (exact) mass is 526 g/mol. The molecule has 0 radical (unpaired) electrons. The van der Waals surface area contributed by atoms with Crippen LogP contribution in [0.4, 0.5) is 0 Å². The second-order valence-corrected chi connectivity index (χ2v) is 9.80. The van der Waals surface area contributed by atoms with Crippen molar-refractivity contribution in [3.05, 3.63) is 30.1 Å². The molecule has 0 amide bonds.